The smallest absolute Gasteiger partial charge is 0.234 e. The number of aromatic nitrogens is 3. The number of nitrogens with one attached hydrogen (secondary N) is 1. The van der Waals surface area contributed by atoms with Crippen molar-refractivity contribution in [2.45, 2.75) is 45.7 Å². The molecule has 0 fully saturated rings. The van der Waals surface area contributed by atoms with E-state index in [0.29, 0.717) is 16.0 Å². The predicted octanol–water partition coefficient (Wildman–Crippen LogP) is 7.06. The van der Waals surface area contributed by atoms with Crippen LogP contribution in [0.2, 0.25) is 5.02 Å². The molecule has 7 heteroatoms. The van der Waals surface area contributed by atoms with Crippen molar-refractivity contribution in [2.24, 2.45) is 0 Å². The highest BCUT2D eigenvalue weighted by molar-refractivity contribution is 7.99. The summed E-state index contributed by atoms with van der Waals surface area (Å²) in [5.74, 6) is 0.796. The van der Waals surface area contributed by atoms with Gasteiger partial charge >= 0.3 is 0 Å². The fourth-order valence-corrected chi connectivity index (χ4v) is 5.03. The molecule has 0 aliphatic rings. The Kier molecular flexibility index (Phi) is 7.93. The van der Waals surface area contributed by atoms with E-state index in [1.807, 2.05) is 34.9 Å². The SMILES string of the molecule is CCc1cccc(CC)c1NC(=O)CSc1nnc(-c2ccccc2Cl)n1-c1cc(C)ccc1C. The van der Waals surface area contributed by atoms with Gasteiger partial charge in [-0.25, -0.2) is 0 Å². The first kappa shape index (κ1) is 25.0. The quantitative estimate of drug-likeness (QED) is 0.261. The number of hydrogen-bond donors (Lipinski definition) is 1. The molecule has 0 spiro atoms. The zero-order valence-corrected chi connectivity index (χ0v) is 22.0. The number of anilines is 1. The second-order valence-corrected chi connectivity index (χ2v) is 9.76. The van der Waals surface area contributed by atoms with Gasteiger partial charge in [-0.1, -0.05) is 79.7 Å². The minimum absolute atomic E-state index is 0.0691. The van der Waals surface area contributed by atoms with E-state index in [4.69, 9.17) is 11.6 Å². The monoisotopic (exact) mass is 504 g/mol. The largest absolute Gasteiger partial charge is 0.325 e. The van der Waals surface area contributed by atoms with E-state index < -0.39 is 0 Å². The third-order valence-electron chi connectivity index (χ3n) is 5.95. The number of carbonyl (C=O) groups excluding carboxylic acids is 1. The molecular weight excluding hydrogens is 476 g/mol. The van der Waals surface area contributed by atoms with Crippen molar-refractivity contribution in [2.75, 3.05) is 11.1 Å². The Morgan fingerprint density at radius 1 is 0.971 bits per heavy atom. The van der Waals surface area contributed by atoms with Gasteiger partial charge in [0.05, 0.1) is 16.5 Å². The lowest BCUT2D eigenvalue weighted by molar-refractivity contribution is -0.113. The van der Waals surface area contributed by atoms with E-state index in [-0.39, 0.29) is 11.7 Å². The second-order valence-electron chi connectivity index (χ2n) is 8.41. The lowest BCUT2D eigenvalue weighted by Crippen LogP contribution is -2.17. The summed E-state index contributed by atoms with van der Waals surface area (Å²) < 4.78 is 2.00. The highest BCUT2D eigenvalue weighted by Crippen LogP contribution is 2.33. The number of rotatable bonds is 8. The normalized spacial score (nSPS) is 11.0. The van der Waals surface area contributed by atoms with Crippen molar-refractivity contribution >= 4 is 35.0 Å². The van der Waals surface area contributed by atoms with Gasteiger partial charge in [-0.2, -0.15) is 0 Å². The first-order valence-electron chi connectivity index (χ1n) is 11.7. The predicted molar refractivity (Wildman–Crippen MR) is 146 cm³/mol. The molecule has 4 rings (SSSR count). The van der Waals surface area contributed by atoms with Crippen LogP contribution in [-0.4, -0.2) is 26.4 Å². The summed E-state index contributed by atoms with van der Waals surface area (Å²) in [6.07, 6.45) is 1.72. The molecule has 0 unspecified atom stereocenters. The van der Waals surface area contributed by atoms with Crippen molar-refractivity contribution in [3.8, 4) is 17.1 Å². The number of nitrogens with zero attached hydrogens (tertiary/aromatic N) is 3. The summed E-state index contributed by atoms with van der Waals surface area (Å²) in [4.78, 5) is 13.0. The summed E-state index contributed by atoms with van der Waals surface area (Å²) >= 11 is 7.89. The molecule has 1 amide bonds. The lowest BCUT2D eigenvalue weighted by atomic mass is 10.0. The molecule has 0 atom stereocenters. The van der Waals surface area contributed by atoms with Crippen LogP contribution in [-0.2, 0) is 17.6 Å². The van der Waals surface area contributed by atoms with Crippen molar-refractivity contribution in [3.63, 3.8) is 0 Å². The number of thioether (sulfide) groups is 1. The number of amides is 1. The highest BCUT2D eigenvalue weighted by Gasteiger charge is 2.20. The summed E-state index contributed by atoms with van der Waals surface area (Å²) in [6, 6.07) is 20.0. The van der Waals surface area contributed by atoms with Crippen molar-refractivity contribution in [1.29, 1.82) is 0 Å². The van der Waals surface area contributed by atoms with Gasteiger partial charge in [-0.3, -0.25) is 9.36 Å². The fourth-order valence-electron chi connectivity index (χ4n) is 4.07. The van der Waals surface area contributed by atoms with Gasteiger partial charge in [0.15, 0.2) is 11.0 Å². The minimum atomic E-state index is -0.0691. The van der Waals surface area contributed by atoms with Gasteiger partial charge in [0.2, 0.25) is 5.91 Å². The van der Waals surface area contributed by atoms with Gasteiger partial charge in [0.25, 0.3) is 0 Å². The first-order chi connectivity index (χ1) is 16.9. The van der Waals surface area contributed by atoms with Crippen LogP contribution >= 0.6 is 23.4 Å². The number of hydrogen-bond acceptors (Lipinski definition) is 4. The van der Waals surface area contributed by atoms with E-state index in [1.165, 1.54) is 11.8 Å². The second kappa shape index (κ2) is 11.1. The number of carbonyl (C=O) groups is 1. The Balaban J connectivity index is 1.67. The third-order valence-corrected chi connectivity index (χ3v) is 7.21. The number of halogens is 1. The van der Waals surface area contributed by atoms with Gasteiger partial charge in [-0.15, -0.1) is 10.2 Å². The van der Waals surface area contributed by atoms with Gasteiger partial charge < -0.3 is 5.32 Å². The molecule has 1 N–H and O–H groups in total. The molecule has 0 aliphatic heterocycles. The zero-order chi connectivity index (χ0) is 24.9. The summed E-state index contributed by atoms with van der Waals surface area (Å²) in [5.41, 5.74) is 7.18. The van der Waals surface area contributed by atoms with Crippen LogP contribution in [0.15, 0.2) is 65.8 Å². The molecule has 3 aromatic carbocycles. The van der Waals surface area contributed by atoms with E-state index in [0.717, 1.165) is 52.0 Å². The maximum absolute atomic E-state index is 13.0. The van der Waals surface area contributed by atoms with Gasteiger partial charge in [0.1, 0.15) is 0 Å². The Labute approximate surface area is 215 Å². The van der Waals surface area contributed by atoms with Crippen LogP contribution in [0.4, 0.5) is 5.69 Å². The summed E-state index contributed by atoms with van der Waals surface area (Å²) in [7, 11) is 0. The number of benzene rings is 3. The standard InChI is InChI=1S/C28H29ClN4OS/c1-5-20-10-9-11-21(6-2)26(20)30-25(34)17-35-28-32-31-27(22-12-7-8-13-23(22)29)33(28)24-16-18(3)14-15-19(24)4/h7-16H,5-6,17H2,1-4H3,(H,30,34). The summed E-state index contributed by atoms with van der Waals surface area (Å²) in [6.45, 7) is 8.31. The van der Waals surface area contributed by atoms with E-state index in [1.54, 1.807) is 0 Å². The summed E-state index contributed by atoms with van der Waals surface area (Å²) in [5, 5.41) is 13.3. The van der Waals surface area contributed by atoms with Crippen LogP contribution in [0.25, 0.3) is 17.1 Å². The average Bonchev–Trinajstić information content (AvgIpc) is 3.28. The van der Waals surface area contributed by atoms with Crippen LogP contribution in [0.1, 0.15) is 36.1 Å². The van der Waals surface area contributed by atoms with E-state index in [9.17, 15) is 4.79 Å². The zero-order valence-electron chi connectivity index (χ0n) is 20.4. The molecule has 1 heterocycles. The van der Waals surface area contributed by atoms with E-state index >= 15 is 0 Å². The molecule has 0 saturated heterocycles. The Hall–Kier alpha value is -3.09. The number of aryl methyl sites for hydroxylation is 4. The average molecular weight is 505 g/mol. The Morgan fingerprint density at radius 2 is 1.69 bits per heavy atom. The molecule has 35 heavy (non-hydrogen) atoms. The van der Waals surface area contributed by atoms with Gasteiger partial charge in [-0.05, 0) is 67.1 Å². The third kappa shape index (κ3) is 5.44. The fraction of sp³-hybridized carbons (Fsp3) is 0.250. The molecule has 0 bridgehead atoms. The van der Waals surface area contributed by atoms with Crippen LogP contribution in [0.3, 0.4) is 0 Å². The molecule has 0 aliphatic carbocycles. The first-order valence-corrected chi connectivity index (χ1v) is 13.1. The molecule has 1 aromatic heterocycles. The van der Waals surface area contributed by atoms with Crippen molar-refractivity contribution < 1.29 is 4.79 Å². The highest BCUT2D eigenvalue weighted by atomic mass is 35.5. The molecular formula is C28H29ClN4OS. The van der Waals surface area contributed by atoms with Gasteiger partial charge in [0, 0.05) is 11.3 Å². The Bertz CT molecular complexity index is 1340. The van der Waals surface area contributed by atoms with Crippen LogP contribution in [0, 0.1) is 13.8 Å². The Morgan fingerprint density at radius 3 is 2.37 bits per heavy atom. The lowest BCUT2D eigenvalue weighted by Gasteiger charge is -2.15. The molecule has 5 nitrogen and oxygen atoms in total. The number of para-hydroxylation sites is 1. The maximum atomic E-state index is 13.0. The molecule has 180 valence electrons. The van der Waals surface area contributed by atoms with Crippen molar-refractivity contribution in [3.05, 3.63) is 87.9 Å². The van der Waals surface area contributed by atoms with Crippen LogP contribution in [0.5, 0.6) is 0 Å². The molecule has 0 radical (unpaired) electrons. The maximum Gasteiger partial charge on any atom is 0.234 e. The molecule has 0 saturated carbocycles. The topological polar surface area (TPSA) is 59.8 Å². The van der Waals surface area contributed by atoms with E-state index in [2.05, 4.69) is 73.5 Å². The van der Waals surface area contributed by atoms with Crippen molar-refractivity contribution in [1.82, 2.24) is 14.8 Å². The minimum Gasteiger partial charge on any atom is -0.325 e. The van der Waals surface area contributed by atoms with Crippen LogP contribution < -0.4 is 5.32 Å². The molecule has 4 aromatic rings.